The SMILES string of the molecule is COC(=O)Cn1nc(-c2ccncc2)c2c1CCN(C)C2. The summed E-state index contributed by atoms with van der Waals surface area (Å²) in [7, 11) is 3.49. The fourth-order valence-corrected chi connectivity index (χ4v) is 2.69. The average molecular weight is 286 g/mol. The Morgan fingerprint density at radius 2 is 2.14 bits per heavy atom. The molecule has 0 radical (unpaired) electrons. The van der Waals surface area contributed by atoms with Gasteiger partial charge in [0.05, 0.1) is 12.8 Å². The summed E-state index contributed by atoms with van der Waals surface area (Å²) in [6.07, 6.45) is 4.40. The molecule has 0 saturated heterocycles. The van der Waals surface area contributed by atoms with Crippen molar-refractivity contribution in [3.05, 3.63) is 35.8 Å². The van der Waals surface area contributed by atoms with Gasteiger partial charge in [-0.15, -0.1) is 0 Å². The molecule has 110 valence electrons. The lowest BCUT2D eigenvalue weighted by molar-refractivity contribution is -0.141. The molecule has 1 aliphatic heterocycles. The lowest BCUT2D eigenvalue weighted by Gasteiger charge is -2.23. The van der Waals surface area contributed by atoms with E-state index in [1.54, 1.807) is 17.1 Å². The summed E-state index contributed by atoms with van der Waals surface area (Å²) in [6, 6.07) is 3.89. The molecule has 21 heavy (non-hydrogen) atoms. The predicted octanol–water partition coefficient (Wildman–Crippen LogP) is 1.11. The molecule has 0 bridgehead atoms. The van der Waals surface area contributed by atoms with Crippen molar-refractivity contribution in [1.29, 1.82) is 0 Å². The third-order valence-corrected chi connectivity index (χ3v) is 3.79. The molecule has 0 atom stereocenters. The van der Waals surface area contributed by atoms with Crippen LogP contribution >= 0.6 is 0 Å². The van der Waals surface area contributed by atoms with Crippen molar-refractivity contribution in [2.45, 2.75) is 19.5 Å². The van der Waals surface area contributed by atoms with Crippen LogP contribution in [0, 0.1) is 0 Å². The van der Waals surface area contributed by atoms with Gasteiger partial charge in [-0.1, -0.05) is 0 Å². The average Bonchev–Trinajstić information content (AvgIpc) is 2.86. The maximum atomic E-state index is 11.6. The number of ether oxygens (including phenoxy) is 1. The molecule has 0 aromatic carbocycles. The lowest BCUT2D eigenvalue weighted by atomic mass is 10.0. The maximum Gasteiger partial charge on any atom is 0.327 e. The second-order valence-electron chi connectivity index (χ2n) is 5.23. The summed E-state index contributed by atoms with van der Waals surface area (Å²) in [5.74, 6) is -0.277. The highest BCUT2D eigenvalue weighted by Gasteiger charge is 2.24. The second kappa shape index (κ2) is 5.65. The molecule has 0 unspecified atom stereocenters. The highest BCUT2D eigenvalue weighted by atomic mass is 16.5. The van der Waals surface area contributed by atoms with E-state index in [0.717, 1.165) is 36.5 Å². The summed E-state index contributed by atoms with van der Waals surface area (Å²) >= 11 is 0. The molecular formula is C15H18N4O2. The zero-order valence-electron chi connectivity index (χ0n) is 12.2. The Morgan fingerprint density at radius 3 is 2.86 bits per heavy atom. The largest absolute Gasteiger partial charge is 0.468 e. The van der Waals surface area contributed by atoms with Gasteiger partial charge >= 0.3 is 5.97 Å². The first-order chi connectivity index (χ1) is 10.2. The van der Waals surface area contributed by atoms with Crippen molar-refractivity contribution in [2.75, 3.05) is 20.7 Å². The van der Waals surface area contributed by atoms with Crippen LogP contribution in [0.1, 0.15) is 11.3 Å². The quantitative estimate of drug-likeness (QED) is 0.791. The summed E-state index contributed by atoms with van der Waals surface area (Å²) in [6.45, 7) is 1.97. The Labute approximate surface area is 123 Å². The first-order valence-corrected chi connectivity index (χ1v) is 6.93. The van der Waals surface area contributed by atoms with Gasteiger partial charge < -0.3 is 9.64 Å². The standard InChI is InChI=1S/C15H18N4O2/c1-18-8-5-13-12(9-18)15(11-3-6-16-7-4-11)17-19(13)10-14(20)21-2/h3-4,6-7H,5,8-10H2,1-2H3. The fraction of sp³-hybridized carbons (Fsp3) is 0.400. The molecular weight excluding hydrogens is 268 g/mol. The minimum Gasteiger partial charge on any atom is -0.468 e. The molecule has 0 fully saturated rings. The zero-order chi connectivity index (χ0) is 14.8. The monoisotopic (exact) mass is 286 g/mol. The highest BCUT2D eigenvalue weighted by molar-refractivity contribution is 5.70. The van der Waals surface area contributed by atoms with Crippen molar-refractivity contribution in [3.8, 4) is 11.3 Å². The minimum absolute atomic E-state index is 0.160. The van der Waals surface area contributed by atoms with E-state index < -0.39 is 0 Å². The number of likely N-dealkylation sites (N-methyl/N-ethyl adjacent to an activating group) is 1. The molecule has 3 rings (SSSR count). The summed E-state index contributed by atoms with van der Waals surface area (Å²) < 4.78 is 6.54. The van der Waals surface area contributed by atoms with Crippen LogP contribution in [0.3, 0.4) is 0 Å². The Bertz CT molecular complexity index is 651. The van der Waals surface area contributed by atoms with Gasteiger partial charge in [0.15, 0.2) is 0 Å². The number of aromatic nitrogens is 3. The number of esters is 1. The van der Waals surface area contributed by atoms with Crippen LogP contribution in [0.2, 0.25) is 0 Å². The number of carbonyl (C=O) groups is 1. The topological polar surface area (TPSA) is 60.3 Å². The van der Waals surface area contributed by atoms with Crippen molar-refractivity contribution < 1.29 is 9.53 Å². The summed E-state index contributed by atoms with van der Waals surface area (Å²) in [4.78, 5) is 17.9. The minimum atomic E-state index is -0.277. The van der Waals surface area contributed by atoms with Crippen LogP contribution in [0.25, 0.3) is 11.3 Å². The van der Waals surface area contributed by atoms with Gasteiger partial charge in [-0.25, -0.2) is 0 Å². The molecule has 6 nitrogen and oxygen atoms in total. The van der Waals surface area contributed by atoms with E-state index in [1.807, 2.05) is 12.1 Å². The number of hydrogen-bond acceptors (Lipinski definition) is 5. The Hall–Kier alpha value is -2.21. The van der Waals surface area contributed by atoms with E-state index >= 15 is 0 Å². The van der Waals surface area contributed by atoms with E-state index in [4.69, 9.17) is 4.74 Å². The third-order valence-electron chi connectivity index (χ3n) is 3.79. The molecule has 0 aliphatic carbocycles. The summed E-state index contributed by atoms with van der Waals surface area (Å²) in [5, 5.41) is 4.65. The van der Waals surface area contributed by atoms with Gasteiger partial charge in [-0.2, -0.15) is 5.10 Å². The molecule has 0 saturated carbocycles. The third kappa shape index (κ3) is 2.67. The number of nitrogens with zero attached hydrogens (tertiary/aromatic N) is 4. The van der Waals surface area contributed by atoms with Crippen LogP contribution < -0.4 is 0 Å². The molecule has 6 heteroatoms. The van der Waals surface area contributed by atoms with Gasteiger partial charge in [-0.05, 0) is 19.2 Å². The number of fused-ring (bicyclic) bond motifs is 1. The van der Waals surface area contributed by atoms with E-state index in [9.17, 15) is 4.79 Å². The van der Waals surface area contributed by atoms with Crippen LogP contribution in [0.15, 0.2) is 24.5 Å². The molecule has 2 aromatic rings. The van der Waals surface area contributed by atoms with Crippen LogP contribution in [0.4, 0.5) is 0 Å². The van der Waals surface area contributed by atoms with Gasteiger partial charge in [0.2, 0.25) is 0 Å². The molecule has 3 heterocycles. The predicted molar refractivity (Wildman–Crippen MR) is 77.5 cm³/mol. The Balaban J connectivity index is 2.06. The smallest absolute Gasteiger partial charge is 0.327 e. The number of carbonyl (C=O) groups excluding carboxylic acids is 1. The fourth-order valence-electron chi connectivity index (χ4n) is 2.69. The number of pyridine rings is 1. The zero-order valence-corrected chi connectivity index (χ0v) is 12.2. The lowest BCUT2D eigenvalue weighted by Crippen LogP contribution is -2.28. The van der Waals surface area contributed by atoms with Crippen LogP contribution in [0.5, 0.6) is 0 Å². The van der Waals surface area contributed by atoms with Crippen molar-refractivity contribution in [1.82, 2.24) is 19.7 Å². The van der Waals surface area contributed by atoms with E-state index in [1.165, 1.54) is 12.7 Å². The van der Waals surface area contributed by atoms with E-state index in [2.05, 4.69) is 22.0 Å². The maximum absolute atomic E-state index is 11.6. The molecule has 0 amide bonds. The van der Waals surface area contributed by atoms with Gasteiger partial charge in [0.25, 0.3) is 0 Å². The Kier molecular flexibility index (Phi) is 3.70. The number of rotatable bonds is 3. The van der Waals surface area contributed by atoms with Crippen molar-refractivity contribution in [3.63, 3.8) is 0 Å². The molecule has 0 N–H and O–H groups in total. The van der Waals surface area contributed by atoms with Crippen molar-refractivity contribution >= 4 is 5.97 Å². The number of hydrogen-bond donors (Lipinski definition) is 0. The molecule has 2 aromatic heterocycles. The first-order valence-electron chi connectivity index (χ1n) is 6.93. The second-order valence-corrected chi connectivity index (χ2v) is 5.23. The van der Waals surface area contributed by atoms with Crippen LogP contribution in [-0.2, 0) is 29.0 Å². The highest BCUT2D eigenvalue weighted by Crippen LogP contribution is 2.29. The van der Waals surface area contributed by atoms with Crippen LogP contribution in [-0.4, -0.2) is 46.3 Å². The van der Waals surface area contributed by atoms with Gasteiger partial charge in [0, 0.05) is 48.7 Å². The van der Waals surface area contributed by atoms with Crippen molar-refractivity contribution in [2.24, 2.45) is 0 Å². The molecule has 1 aliphatic rings. The van der Waals surface area contributed by atoms with E-state index in [-0.39, 0.29) is 12.5 Å². The normalized spacial score (nSPS) is 14.8. The first kappa shape index (κ1) is 13.8. The Morgan fingerprint density at radius 1 is 1.38 bits per heavy atom. The van der Waals surface area contributed by atoms with Gasteiger partial charge in [0.1, 0.15) is 6.54 Å². The van der Waals surface area contributed by atoms with E-state index in [0.29, 0.717) is 0 Å². The number of methoxy groups -OCH3 is 1. The summed E-state index contributed by atoms with van der Waals surface area (Å²) in [5.41, 5.74) is 4.28. The molecule has 0 spiro atoms. The van der Waals surface area contributed by atoms with Gasteiger partial charge in [-0.3, -0.25) is 14.5 Å².